The maximum Gasteiger partial charge on any atom is 0.311 e. The summed E-state index contributed by atoms with van der Waals surface area (Å²) in [4.78, 5) is 10.4. The molecule has 100 valence electrons. The van der Waals surface area contributed by atoms with Gasteiger partial charge in [0.25, 0.3) is 0 Å². The van der Waals surface area contributed by atoms with E-state index < -0.39 is 4.92 Å². The number of nitriles is 1. The molecule has 6 heteroatoms. The fourth-order valence-electron chi connectivity index (χ4n) is 1.67. The number of hydrogen-bond acceptors (Lipinski definition) is 4. The Morgan fingerprint density at radius 2 is 2.05 bits per heavy atom. The lowest BCUT2D eigenvalue weighted by molar-refractivity contribution is -0.385. The van der Waals surface area contributed by atoms with Crippen LogP contribution in [-0.2, 0) is 6.61 Å². The molecule has 5 nitrogen and oxygen atoms in total. The van der Waals surface area contributed by atoms with Crippen molar-refractivity contribution in [2.75, 3.05) is 0 Å². The molecule has 20 heavy (non-hydrogen) atoms. The maximum absolute atomic E-state index is 10.9. The molecule has 0 unspecified atom stereocenters. The monoisotopic (exact) mass is 288 g/mol. The Hall–Kier alpha value is -2.58. The van der Waals surface area contributed by atoms with E-state index in [1.165, 1.54) is 18.2 Å². The molecule has 0 aromatic heterocycles. The fraction of sp³-hybridized carbons (Fsp3) is 0.0714. The van der Waals surface area contributed by atoms with Crippen molar-refractivity contribution in [1.29, 1.82) is 5.26 Å². The zero-order valence-electron chi connectivity index (χ0n) is 10.2. The summed E-state index contributed by atoms with van der Waals surface area (Å²) in [5.41, 5.74) is 0.963. The Balaban J connectivity index is 2.25. The van der Waals surface area contributed by atoms with Crippen LogP contribution in [-0.4, -0.2) is 4.92 Å². The highest BCUT2D eigenvalue weighted by Crippen LogP contribution is 2.30. The molecule has 2 aromatic rings. The van der Waals surface area contributed by atoms with Crippen molar-refractivity contribution < 1.29 is 9.66 Å². The average Bonchev–Trinajstić information content (AvgIpc) is 2.45. The third-order valence-electron chi connectivity index (χ3n) is 2.64. The van der Waals surface area contributed by atoms with E-state index >= 15 is 0 Å². The van der Waals surface area contributed by atoms with Crippen molar-refractivity contribution in [3.05, 3.63) is 68.7 Å². The first-order valence-corrected chi connectivity index (χ1v) is 6.04. The summed E-state index contributed by atoms with van der Waals surface area (Å²) in [6, 6.07) is 13.0. The molecular weight excluding hydrogens is 280 g/mol. The van der Waals surface area contributed by atoms with Gasteiger partial charge in [-0.2, -0.15) is 5.26 Å². The van der Waals surface area contributed by atoms with Gasteiger partial charge >= 0.3 is 5.69 Å². The number of nitro benzene ring substituents is 1. The molecule has 2 rings (SSSR count). The summed E-state index contributed by atoms with van der Waals surface area (Å²) in [6.07, 6.45) is 0. The van der Waals surface area contributed by atoms with Crippen LogP contribution >= 0.6 is 11.6 Å². The van der Waals surface area contributed by atoms with Crippen LogP contribution in [0, 0.1) is 21.4 Å². The number of nitrogens with zero attached hydrogens (tertiary/aromatic N) is 2. The van der Waals surface area contributed by atoms with Gasteiger partial charge in [0, 0.05) is 22.7 Å². The van der Waals surface area contributed by atoms with Gasteiger partial charge in [0.05, 0.1) is 16.6 Å². The second-order valence-corrected chi connectivity index (χ2v) is 4.36. The number of nitro groups is 1. The molecule has 0 aliphatic carbocycles. The SMILES string of the molecule is N#Cc1ccccc1COc1cc(Cl)ccc1[N+](=O)[O-]. The second kappa shape index (κ2) is 6.04. The van der Waals surface area contributed by atoms with Crippen LogP contribution in [0.1, 0.15) is 11.1 Å². The highest BCUT2D eigenvalue weighted by molar-refractivity contribution is 6.30. The Bertz CT molecular complexity index is 695. The van der Waals surface area contributed by atoms with Gasteiger partial charge in [0.1, 0.15) is 6.61 Å². The van der Waals surface area contributed by atoms with E-state index in [0.29, 0.717) is 16.1 Å². The summed E-state index contributed by atoms with van der Waals surface area (Å²) in [6.45, 7) is 0.0604. The quantitative estimate of drug-likeness (QED) is 0.635. The van der Waals surface area contributed by atoms with Gasteiger partial charge in [-0.15, -0.1) is 0 Å². The number of rotatable bonds is 4. The minimum absolute atomic E-state index is 0.0604. The zero-order chi connectivity index (χ0) is 14.5. The van der Waals surface area contributed by atoms with Crippen LogP contribution in [0.4, 0.5) is 5.69 Å². The molecule has 0 fully saturated rings. The van der Waals surface area contributed by atoms with E-state index in [4.69, 9.17) is 21.6 Å². The zero-order valence-corrected chi connectivity index (χ0v) is 11.0. The Morgan fingerprint density at radius 3 is 2.75 bits per heavy atom. The molecule has 2 aromatic carbocycles. The fourth-order valence-corrected chi connectivity index (χ4v) is 1.83. The van der Waals surface area contributed by atoms with Crippen molar-refractivity contribution in [3.63, 3.8) is 0 Å². The van der Waals surface area contributed by atoms with Crippen LogP contribution in [0.5, 0.6) is 5.75 Å². The van der Waals surface area contributed by atoms with Crippen molar-refractivity contribution in [2.45, 2.75) is 6.61 Å². The van der Waals surface area contributed by atoms with Crippen molar-refractivity contribution >= 4 is 17.3 Å². The summed E-state index contributed by atoms with van der Waals surface area (Å²) in [5.74, 6) is 0.0789. The summed E-state index contributed by atoms with van der Waals surface area (Å²) >= 11 is 5.81. The maximum atomic E-state index is 10.9. The summed E-state index contributed by atoms with van der Waals surface area (Å²) < 4.78 is 5.43. The largest absolute Gasteiger partial charge is 0.482 e. The van der Waals surface area contributed by atoms with E-state index in [1.54, 1.807) is 24.3 Å². The molecule has 0 aliphatic heterocycles. The molecule has 0 N–H and O–H groups in total. The Morgan fingerprint density at radius 1 is 1.30 bits per heavy atom. The molecule has 0 aliphatic rings. The molecule has 0 spiro atoms. The molecule has 0 heterocycles. The van der Waals surface area contributed by atoms with Gasteiger partial charge < -0.3 is 4.74 Å². The molecule has 0 bridgehead atoms. The highest BCUT2D eigenvalue weighted by Gasteiger charge is 2.15. The van der Waals surface area contributed by atoms with Gasteiger partial charge in [0.15, 0.2) is 5.75 Å². The van der Waals surface area contributed by atoms with E-state index in [0.717, 1.165) is 0 Å². The van der Waals surface area contributed by atoms with Crippen molar-refractivity contribution in [3.8, 4) is 11.8 Å². The van der Waals surface area contributed by atoms with Gasteiger partial charge in [-0.1, -0.05) is 29.8 Å². The Labute approximate surface area is 120 Å². The summed E-state index contributed by atoms with van der Waals surface area (Å²) in [7, 11) is 0. The average molecular weight is 289 g/mol. The van der Waals surface area contributed by atoms with Crippen LogP contribution in [0.15, 0.2) is 42.5 Å². The lowest BCUT2D eigenvalue weighted by Crippen LogP contribution is -2.00. The molecule has 0 atom stereocenters. The standard InChI is InChI=1S/C14H9ClN2O3/c15-12-5-6-13(17(18)19)14(7-12)20-9-11-4-2-1-3-10(11)8-16/h1-7H,9H2. The van der Waals surface area contributed by atoms with E-state index in [-0.39, 0.29) is 18.0 Å². The molecule has 0 radical (unpaired) electrons. The molecule has 0 saturated heterocycles. The Kier molecular flexibility index (Phi) is 4.18. The first kappa shape index (κ1) is 13.8. The highest BCUT2D eigenvalue weighted by atomic mass is 35.5. The second-order valence-electron chi connectivity index (χ2n) is 3.93. The summed E-state index contributed by atoms with van der Waals surface area (Å²) in [5, 5.41) is 20.2. The third kappa shape index (κ3) is 3.05. The number of ether oxygens (including phenoxy) is 1. The lowest BCUT2D eigenvalue weighted by atomic mass is 10.1. The van der Waals surface area contributed by atoms with Crippen LogP contribution in [0.25, 0.3) is 0 Å². The van der Waals surface area contributed by atoms with Crippen molar-refractivity contribution in [1.82, 2.24) is 0 Å². The van der Waals surface area contributed by atoms with E-state index in [2.05, 4.69) is 0 Å². The van der Waals surface area contributed by atoms with Gasteiger partial charge in [-0.05, 0) is 12.1 Å². The predicted molar refractivity (Wildman–Crippen MR) is 73.6 cm³/mol. The normalized spacial score (nSPS) is 9.80. The minimum Gasteiger partial charge on any atom is -0.482 e. The van der Waals surface area contributed by atoms with Crippen LogP contribution < -0.4 is 4.74 Å². The predicted octanol–water partition coefficient (Wildman–Crippen LogP) is 3.70. The minimum atomic E-state index is -0.540. The number of hydrogen-bond donors (Lipinski definition) is 0. The van der Waals surface area contributed by atoms with Gasteiger partial charge in [0.2, 0.25) is 0 Å². The van der Waals surface area contributed by atoms with Crippen molar-refractivity contribution in [2.24, 2.45) is 0 Å². The van der Waals surface area contributed by atoms with E-state index in [1.807, 2.05) is 6.07 Å². The first-order valence-electron chi connectivity index (χ1n) is 5.66. The first-order chi connectivity index (χ1) is 9.61. The van der Waals surface area contributed by atoms with E-state index in [9.17, 15) is 10.1 Å². The van der Waals surface area contributed by atoms with Gasteiger partial charge in [-0.25, -0.2) is 0 Å². The number of benzene rings is 2. The van der Waals surface area contributed by atoms with Gasteiger partial charge in [-0.3, -0.25) is 10.1 Å². The third-order valence-corrected chi connectivity index (χ3v) is 2.87. The topological polar surface area (TPSA) is 76.2 Å². The van der Waals surface area contributed by atoms with Crippen LogP contribution in [0.3, 0.4) is 0 Å². The molecule has 0 saturated carbocycles. The molecule has 0 amide bonds. The lowest BCUT2D eigenvalue weighted by Gasteiger charge is -2.08. The molecular formula is C14H9ClN2O3. The van der Waals surface area contributed by atoms with Crippen LogP contribution in [0.2, 0.25) is 5.02 Å². The smallest absolute Gasteiger partial charge is 0.311 e. The number of halogens is 1.